The van der Waals surface area contributed by atoms with Gasteiger partial charge in [0, 0.05) is 12.4 Å². The van der Waals surface area contributed by atoms with Crippen LogP contribution in [0.3, 0.4) is 0 Å². The van der Waals surface area contributed by atoms with Gasteiger partial charge in [-0.2, -0.15) is 8.42 Å². The number of pyridine rings is 1. The molecule has 2 N–H and O–H groups in total. The van der Waals surface area contributed by atoms with E-state index in [1.807, 2.05) is 0 Å². The van der Waals surface area contributed by atoms with Crippen molar-refractivity contribution in [3.05, 3.63) is 30.1 Å². The fraction of sp³-hybridized carbons (Fsp3) is 0.417. The molecule has 0 saturated heterocycles. The van der Waals surface area contributed by atoms with Crippen molar-refractivity contribution in [2.45, 2.75) is 18.9 Å². The summed E-state index contributed by atoms with van der Waals surface area (Å²) in [5.74, 6) is -1.89. The Morgan fingerprint density at radius 2 is 2.00 bits per heavy atom. The quantitative estimate of drug-likeness (QED) is 0.516. The number of amides is 1. The van der Waals surface area contributed by atoms with Crippen molar-refractivity contribution in [2.24, 2.45) is 0 Å². The number of esters is 1. The van der Waals surface area contributed by atoms with E-state index in [1.54, 1.807) is 12.1 Å². The van der Waals surface area contributed by atoms with E-state index in [0.717, 1.165) is 7.11 Å². The second-order valence-electron chi connectivity index (χ2n) is 4.25. The van der Waals surface area contributed by atoms with Gasteiger partial charge in [0.25, 0.3) is 10.1 Å². The first-order chi connectivity index (χ1) is 9.81. The number of rotatable bonds is 7. The standard InChI is InChI=1S/C12H16N2O6S/c1-20-12(16)10(4-7-21(17,18)19)14-11(15)8-9-2-5-13-6-3-9/h2-3,5-6,10H,4,7-8H2,1H3,(H,14,15)(H,17,18,19)/t10-/m0/s1. The van der Waals surface area contributed by atoms with Crippen molar-refractivity contribution < 1.29 is 27.3 Å². The second-order valence-corrected chi connectivity index (χ2v) is 5.82. The summed E-state index contributed by atoms with van der Waals surface area (Å²) in [7, 11) is -3.10. The SMILES string of the molecule is COC(=O)[C@H](CCS(=O)(=O)O)NC(=O)Cc1ccncc1. The van der Waals surface area contributed by atoms with Gasteiger partial charge in [0.1, 0.15) is 6.04 Å². The van der Waals surface area contributed by atoms with E-state index in [4.69, 9.17) is 4.55 Å². The van der Waals surface area contributed by atoms with E-state index < -0.39 is 33.8 Å². The van der Waals surface area contributed by atoms with E-state index in [1.165, 1.54) is 12.4 Å². The van der Waals surface area contributed by atoms with Crippen LogP contribution in [0.25, 0.3) is 0 Å². The minimum atomic E-state index is -4.22. The van der Waals surface area contributed by atoms with Crippen molar-refractivity contribution in [3.63, 3.8) is 0 Å². The molecule has 0 fully saturated rings. The fourth-order valence-electron chi connectivity index (χ4n) is 1.59. The molecule has 0 saturated carbocycles. The zero-order valence-corrected chi connectivity index (χ0v) is 12.2. The Bertz CT molecular complexity index is 587. The molecule has 0 unspecified atom stereocenters. The molecule has 9 heteroatoms. The summed E-state index contributed by atoms with van der Waals surface area (Å²) in [5, 5.41) is 2.38. The van der Waals surface area contributed by atoms with E-state index in [-0.39, 0.29) is 12.8 Å². The molecule has 116 valence electrons. The van der Waals surface area contributed by atoms with Gasteiger partial charge in [-0.1, -0.05) is 0 Å². The normalized spacial score (nSPS) is 12.5. The van der Waals surface area contributed by atoms with Gasteiger partial charge in [0.2, 0.25) is 5.91 Å². The van der Waals surface area contributed by atoms with Crippen molar-refractivity contribution in [1.82, 2.24) is 10.3 Å². The number of hydrogen-bond donors (Lipinski definition) is 2. The van der Waals surface area contributed by atoms with Crippen LogP contribution in [-0.2, 0) is 30.9 Å². The van der Waals surface area contributed by atoms with E-state index in [9.17, 15) is 18.0 Å². The lowest BCUT2D eigenvalue weighted by atomic mass is 10.1. The van der Waals surface area contributed by atoms with Gasteiger partial charge >= 0.3 is 5.97 Å². The molecule has 1 aromatic heterocycles. The molecule has 0 aliphatic rings. The minimum Gasteiger partial charge on any atom is -0.467 e. The van der Waals surface area contributed by atoms with Gasteiger partial charge in [-0.15, -0.1) is 0 Å². The Labute approximate surface area is 122 Å². The third-order valence-electron chi connectivity index (χ3n) is 2.60. The lowest BCUT2D eigenvalue weighted by Crippen LogP contribution is -2.43. The van der Waals surface area contributed by atoms with Crippen molar-refractivity contribution in [3.8, 4) is 0 Å². The molecule has 0 aromatic carbocycles. The average Bonchev–Trinajstić information content (AvgIpc) is 2.42. The van der Waals surface area contributed by atoms with Crippen molar-refractivity contribution in [1.29, 1.82) is 0 Å². The lowest BCUT2D eigenvalue weighted by molar-refractivity contribution is -0.145. The number of carbonyl (C=O) groups excluding carboxylic acids is 2. The van der Waals surface area contributed by atoms with Gasteiger partial charge in [0.15, 0.2) is 0 Å². The van der Waals surface area contributed by atoms with Crippen LogP contribution in [0.15, 0.2) is 24.5 Å². The molecular weight excluding hydrogens is 300 g/mol. The highest BCUT2D eigenvalue weighted by atomic mass is 32.2. The highest BCUT2D eigenvalue weighted by molar-refractivity contribution is 7.85. The molecule has 1 amide bonds. The summed E-state index contributed by atoms with van der Waals surface area (Å²) in [6.07, 6.45) is 2.80. The summed E-state index contributed by atoms with van der Waals surface area (Å²) in [4.78, 5) is 27.1. The lowest BCUT2D eigenvalue weighted by Gasteiger charge is -2.15. The molecule has 0 radical (unpaired) electrons. The maximum Gasteiger partial charge on any atom is 0.328 e. The Morgan fingerprint density at radius 1 is 1.38 bits per heavy atom. The van der Waals surface area contributed by atoms with Gasteiger partial charge < -0.3 is 10.1 Å². The molecule has 1 heterocycles. The Kier molecular flexibility index (Phi) is 6.25. The first kappa shape index (κ1) is 17.1. The van der Waals surface area contributed by atoms with Crippen LogP contribution >= 0.6 is 0 Å². The fourth-order valence-corrected chi connectivity index (χ4v) is 2.12. The maximum atomic E-state index is 11.8. The van der Waals surface area contributed by atoms with Gasteiger partial charge in [-0.25, -0.2) is 4.79 Å². The predicted octanol–water partition coefficient (Wildman–Crippen LogP) is -0.440. The predicted molar refractivity (Wildman–Crippen MR) is 72.9 cm³/mol. The summed E-state index contributed by atoms with van der Waals surface area (Å²) < 4.78 is 34.6. The summed E-state index contributed by atoms with van der Waals surface area (Å²) in [5.41, 5.74) is 0.695. The first-order valence-electron chi connectivity index (χ1n) is 6.03. The molecule has 0 aliphatic carbocycles. The second kappa shape index (κ2) is 7.70. The Morgan fingerprint density at radius 3 is 2.52 bits per heavy atom. The van der Waals surface area contributed by atoms with Crippen LogP contribution in [0.2, 0.25) is 0 Å². The highest BCUT2D eigenvalue weighted by Gasteiger charge is 2.23. The smallest absolute Gasteiger partial charge is 0.328 e. The van der Waals surface area contributed by atoms with Crippen LogP contribution < -0.4 is 5.32 Å². The Hall–Kier alpha value is -2.00. The van der Waals surface area contributed by atoms with E-state index in [0.29, 0.717) is 5.56 Å². The molecule has 1 rings (SSSR count). The largest absolute Gasteiger partial charge is 0.467 e. The first-order valence-corrected chi connectivity index (χ1v) is 7.64. The number of hydrogen-bond acceptors (Lipinski definition) is 6. The van der Waals surface area contributed by atoms with Crippen molar-refractivity contribution >= 4 is 22.0 Å². The summed E-state index contributed by atoms with van der Waals surface area (Å²) in [6.45, 7) is 0. The molecule has 0 bridgehead atoms. The number of ether oxygens (including phenoxy) is 1. The van der Waals surface area contributed by atoms with Gasteiger partial charge in [-0.05, 0) is 24.1 Å². The Balaban J connectivity index is 2.63. The number of carbonyl (C=O) groups is 2. The number of aromatic nitrogens is 1. The summed E-state index contributed by atoms with van der Waals surface area (Å²) >= 11 is 0. The molecule has 21 heavy (non-hydrogen) atoms. The monoisotopic (exact) mass is 316 g/mol. The third-order valence-corrected chi connectivity index (χ3v) is 3.35. The molecule has 0 aliphatic heterocycles. The number of methoxy groups -OCH3 is 1. The summed E-state index contributed by atoms with van der Waals surface area (Å²) in [6, 6.07) is 2.15. The number of nitrogens with zero attached hydrogens (tertiary/aromatic N) is 1. The average molecular weight is 316 g/mol. The molecule has 0 spiro atoms. The topological polar surface area (TPSA) is 123 Å². The minimum absolute atomic E-state index is 0.0158. The van der Waals surface area contributed by atoms with Crippen molar-refractivity contribution in [2.75, 3.05) is 12.9 Å². The molecular formula is C12H16N2O6S. The van der Waals surface area contributed by atoms with Crippen LogP contribution in [-0.4, -0.2) is 48.7 Å². The van der Waals surface area contributed by atoms with Crippen LogP contribution in [0.1, 0.15) is 12.0 Å². The van der Waals surface area contributed by atoms with E-state index >= 15 is 0 Å². The highest BCUT2D eigenvalue weighted by Crippen LogP contribution is 2.02. The third kappa shape index (κ3) is 6.82. The molecule has 1 atom stereocenters. The zero-order valence-electron chi connectivity index (χ0n) is 11.4. The maximum absolute atomic E-state index is 11.8. The van der Waals surface area contributed by atoms with Crippen LogP contribution in [0.4, 0.5) is 0 Å². The van der Waals surface area contributed by atoms with E-state index in [2.05, 4.69) is 15.0 Å². The zero-order chi connectivity index (χ0) is 15.9. The van der Waals surface area contributed by atoms with Crippen LogP contribution in [0, 0.1) is 0 Å². The molecule has 8 nitrogen and oxygen atoms in total. The van der Waals surface area contributed by atoms with Gasteiger partial charge in [-0.3, -0.25) is 14.3 Å². The molecule has 1 aromatic rings. The number of nitrogens with one attached hydrogen (secondary N) is 1. The van der Waals surface area contributed by atoms with Crippen LogP contribution in [0.5, 0.6) is 0 Å². The van der Waals surface area contributed by atoms with Gasteiger partial charge in [0.05, 0.1) is 19.3 Å².